The molecule has 2 heterocycles. The highest BCUT2D eigenvalue weighted by molar-refractivity contribution is 5.08. The summed E-state index contributed by atoms with van der Waals surface area (Å²) in [6.07, 6.45) is 39.2. The molecule has 12 unspecified atom stereocenters. The Morgan fingerprint density at radius 2 is 1.00 bits per heavy atom. The third-order valence-corrected chi connectivity index (χ3v) is 16.1. The van der Waals surface area contributed by atoms with Crippen LogP contribution in [0.4, 0.5) is 0 Å². The van der Waals surface area contributed by atoms with Crippen LogP contribution in [-0.2, 0) is 9.47 Å². The van der Waals surface area contributed by atoms with Crippen molar-refractivity contribution in [1.29, 1.82) is 0 Å². The molecule has 43 heavy (non-hydrogen) atoms. The third-order valence-electron chi connectivity index (χ3n) is 16.1. The van der Waals surface area contributed by atoms with Crippen LogP contribution in [0.15, 0.2) is 0 Å². The van der Waals surface area contributed by atoms with E-state index < -0.39 is 0 Å². The Bertz CT molecular complexity index is 939. The normalized spacial score (nSPS) is 52.1. The molecule has 9 fully saturated rings. The van der Waals surface area contributed by atoms with E-state index in [-0.39, 0.29) is 0 Å². The Labute approximate surface area is 264 Å². The Balaban J connectivity index is 0.879. The van der Waals surface area contributed by atoms with Crippen molar-refractivity contribution in [2.45, 2.75) is 203 Å². The largest absolute Gasteiger partial charge is 0.374 e. The number of hydrogen-bond donors (Lipinski definition) is 0. The Morgan fingerprint density at radius 1 is 0.349 bits per heavy atom. The van der Waals surface area contributed by atoms with Crippen molar-refractivity contribution in [3.05, 3.63) is 0 Å². The van der Waals surface area contributed by atoms with E-state index in [0.29, 0.717) is 24.4 Å². The Hall–Kier alpha value is -0.120. The van der Waals surface area contributed by atoms with Gasteiger partial charge in [-0.3, -0.25) is 4.90 Å². The van der Waals surface area contributed by atoms with E-state index in [0.717, 1.165) is 65.5 Å². The minimum Gasteiger partial charge on any atom is -0.374 e. The summed E-state index contributed by atoms with van der Waals surface area (Å²) in [7, 11) is 0. The fraction of sp³-hybridized carbons (Fsp3) is 1.00. The molecule has 3 heteroatoms. The fourth-order valence-electron chi connectivity index (χ4n) is 14.3. The Morgan fingerprint density at radius 3 is 1.88 bits per heavy atom. The van der Waals surface area contributed by atoms with Crippen LogP contribution in [0.25, 0.3) is 0 Å². The highest BCUT2D eigenvalue weighted by Gasteiger charge is 2.60. The second kappa shape index (κ2) is 12.5. The van der Waals surface area contributed by atoms with E-state index in [4.69, 9.17) is 9.47 Å². The molecular formula is C40H65NO2. The maximum Gasteiger partial charge on any atom is 0.0667 e. The minimum absolute atomic E-state index is 0.526. The molecule has 0 radical (unpaired) electrons. The van der Waals surface area contributed by atoms with Gasteiger partial charge in [-0.05, 0) is 138 Å². The summed E-state index contributed by atoms with van der Waals surface area (Å²) < 4.78 is 14.2. The van der Waals surface area contributed by atoms with Crippen molar-refractivity contribution in [1.82, 2.24) is 4.90 Å². The van der Waals surface area contributed by atoms with E-state index in [2.05, 4.69) is 4.90 Å². The van der Waals surface area contributed by atoms with Gasteiger partial charge in [0.2, 0.25) is 0 Å². The molecule has 7 aliphatic carbocycles. The zero-order valence-electron chi connectivity index (χ0n) is 27.6. The van der Waals surface area contributed by atoms with Crippen LogP contribution in [-0.4, -0.2) is 47.4 Å². The summed E-state index contributed by atoms with van der Waals surface area (Å²) in [6.45, 7) is 0. The van der Waals surface area contributed by atoms with Crippen molar-refractivity contribution >= 4 is 0 Å². The summed E-state index contributed by atoms with van der Waals surface area (Å²) in [5.74, 6) is 7.20. The van der Waals surface area contributed by atoms with Gasteiger partial charge in [-0.2, -0.15) is 0 Å². The molecule has 12 atom stereocenters. The SMILES string of the molecule is C1CCC(N(C2CCC(C3CCCC4C5CCC6OC7CCCCC7C6C5OC34)CC2)C2CCC3CCCCC3C2)CC1. The van der Waals surface area contributed by atoms with Crippen molar-refractivity contribution in [3.63, 3.8) is 0 Å². The minimum atomic E-state index is 0.526. The quantitative estimate of drug-likeness (QED) is 0.325. The van der Waals surface area contributed by atoms with Gasteiger partial charge < -0.3 is 9.47 Å². The van der Waals surface area contributed by atoms with Gasteiger partial charge in [-0.25, -0.2) is 0 Å². The van der Waals surface area contributed by atoms with Crippen LogP contribution in [0.5, 0.6) is 0 Å². The molecule has 242 valence electrons. The van der Waals surface area contributed by atoms with Crippen molar-refractivity contribution < 1.29 is 9.47 Å². The van der Waals surface area contributed by atoms with E-state index in [1.54, 1.807) is 25.7 Å². The van der Waals surface area contributed by atoms with Crippen LogP contribution < -0.4 is 0 Å². The highest BCUT2D eigenvalue weighted by atomic mass is 16.5. The highest BCUT2D eigenvalue weighted by Crippen LogP contribution is 2.58. The first-order chi connectivity index (χ1) is 21.3. The molecule has 0 amide bonds. The van der Waals surface area contributed by atoms with Crippen LogP contribution >= 0.6 is 0 Å². The van der Waals surface area contributed by atoms with E-state index >= 15 is 0 Å². The average Bonchev–Trinajstić information content (AvgIpc) is 3.64. The predicted molar refractivity (Wildman–Crippen MR) is 174 cm³/mol. The number of fused-ring (bicyclic) bond motifs is 8. The Kier molecular flexibility index (Phi) is 8.43. The molecule has 9 aliphatic rings. The molecule has 0 aromatic rings. The summed E-state index contributed by atoms with van der Waals surface area (Å²) in [6, 6.07) is 2.70. The maximum absolute atomic E-state index is 7.42. The van der Waals surface area contributed by atoms with Gasteiger partial charge in [-0.15, -0.1) is 0 Å². The maximum atomic E-state index is 7.42. The summed E-state index contributed by atoms with van der Waals surface area (Å²) >= 11 is 0. The third kappa shape index (κ3) is 5.32. The smallest absolute Gasteiger partial charge is 0.0667 e. The molecule has 2 aliphatic heterocycles. The predicted octanol–water partition coefficient (Wildman–Crippen LogP) is 9.71. The van der Waals surface area contributed by atoms with E-state index in [1.165, 1.54) is 135 Å². The lowest BCUT2D eigenvalue weighted by molar-refractivity contribution is -0.0880. The lowest BCUT2D eigenvalue weighted by atomic mass is 9.62. The number of rotatable bonds is 4. The monoisotopic (exact) mass is 592 g/mol. The molecule has 0 spiro atoms. The molecule has 0 aromatic carbocycles. The van der Waals surface area contributed by atoms with Crippen molar-refractivity contribution in [3.8, 4) is 0 Å². The van der Waals surface area contributed by atoms with E-state index in [9.17, 15) is 0 Å². The molecule has 9 rings (SSSR count). The zero-order chi connectivity index (χ0) is 28.3. The molecule has 0 aromatic heterocycles. The summed E-state index contributed by atoms with van der Waals surface area (Å²) in [5, 5.41) is 0. The molecule has 2 saturated heterocycles. The first-order valence-corrected chi connectivity index (χ1v) is 20.4. The van der Waals surface area contributed by atoms with Gasteiger partial charge in [0.05, 0.1) is 24.4 Å². The van der Waals surface area contributed by atoms with Crippen molar-refractivity contribution in [2.24, 2.45) is 47.3 Å². The lowest BCUT2D eigenvalue weighted by Gasteiger charge is -2.52. The number of hydrogen-bond acceptors (Lipinski definition) is 3. The van der Waals surface area contributed by atoms with Crippen LogP contribution in [0, 0.1) is 47.3 Å². The van der Waals surface area contributed by atoms with Gasteiger partial charge in [-0.1, -0.05) is 64.2 Å². The average molecular weight is 592 g/mol. The number of nitrogens with zero attached hydrogens (tertiary/aromatic N) is 1. The van der Waals surface area contributed by atoms with Gasteiger partial charge in [0.1, 0.15) is 0 Å². The second-order valence-electron chi connectivity index (χ2n) is 17.9. The van der Waals surface area contributed by atoms with Crippen LogP contribution in [0.2, 0.25) is 0 Å². The fourth-order valence-corrected chi connectivity index (χ4v) is 14.3. The first kappa shape index (κ1) is 29.1. The van der Waals surface area contributed by atoms with Gasteiger partial charge in [0, 0.05) is 24.0 Å². The molecular weight excluding hydrogens is 526 g/mol. The standard InChI is InChI=1S/C40H65NO2/c1-2-11-29(12-3-1)41(31-22-17-26-9-4-5-10-28(26)25-31)30-20-18-27(19-21-30)32-14-8-15-33-34-23-24-37-38(40(34)43-39(32)33)35-13-6-7-16-36(35)42-37/h26-40H,1-25H2. The van der Waals surface area contributed by atoms with E-state index in [1.807, 2.05) is 0 Å². The zero-order valence-corrected chi connectivity index (χ0v) is 27.6. The van der Waals surface area contributed by atoms with Gasteiger partial charge in [0.15, 0.2) is 0 Å². The lowest BCUT2D eigenvalue weighted by Crippen LogP contribution is -2.54. The number of ether oxygens (including phenoxy) is 2. The summed E-state index contributed by atoms with van der Waals surface area (Å²) in [5.41, 5.74) is 0. The molecule has 0 bridgehead atoms. The summed E-state index contributed by atoms with van der Waals surface area (Å²) in [4.78, 5) is 3.26. The topological polar surface area (TPSA) is 21.7 Å². The van der Waals surface area contributed by atoms with Crippen molar-refractivity contribution in [2.75, 3.05) is 0 Å². The molecule has 0 N–H and O–H groups in total. The molecule has 7 saturated carbocycles. The van der Waals surface area contributed by atoms with Crippen LogP contribution in [0.1, 0.15) is 161 Å². The van der Waals surface area contributed by atoms with Crippen LogP contribution in [0.3, 0.4) is 0 Å². The van der Waals surface area contributed by atoms with Gasteiger partial charge in [0.25, 0.3) is 0 Å². The first-order valence-electron chi connectivity index (χ1n) is 20.4. The molecule has 3 nitrogen and oxygen atoms in total. The van der Waals surface area contributed by atoms with Gasteiger partial charge >= 0.3 is 0 Å². The second-order valence-corrected chi connectivity index (χ2v) is 17.9.